The fourth-order valence-corrected chi connectivity index (χ4v) is 3.48. The molecule has 0 aromatic heterocycles. The van der Waals surface area contributed by atoms with Gasteiger partial charge in [0.2, 0.25) is 5.91 Å². The van der Waals surface area contributed by atoms with Crippen LogP contribution in [0.5, 0.6) is 0 Å². The lowest BCUT2D eigenvalue weighted by molar-refractivity contribution is -0.161. The minimum atomic E-state index is -0.734. The molecule has 2 rings (SSSR count). The van der Waals surface area contributed by atoms with Crippen LogP contribution in [0.4, 0.5) is 0 Å². The van der Waals surface area contributed by atoms with Crippen molar-refractivity contribution in [2.75, 3.05) is 33.4 Å². The van der Waals surface area contributed by atoms with Gasteiger partial charge in [0, 0.05) is 25.2 Å². The number of ether oxygens (including phenoxy) is 2. The summed E-state index contributed by atoms with van der Waals surface area (Å²) in [6, 6.07) is 7.48. The van der Waals surface area contributed by atoms with E-state index in [-0.39, 0.29) is 18.5 Å². The van der Waals surface area contributed by atoms with E-state index in [1.807, 2.05) is 18.2 Å². The van der Waals surface area contributed by atoms with Gasteiger partial charge in [0.25, 0.3) is 0 Å². The summed E-state index contributed by atoms with van der Waals surface area (Å²) in [5, 5.41) is 0.634. The average Bonchev–Trinajstić information content (AvgIpc) is 2.55. The highest BCUT2D eigenvalue weighted by atomic mass is 35.5. The Bertz CT molecular complexity index is 592. The first-order valence-electron chi connectivity index (χ1n) is 8.19. The molecule has 5 nitrogen and oxygen atoms in total. The second kappa shape index (κ2) is 8.49. The molecule has 0 spiro atoms. The van der Waals surface area contributed by atoms with Gasteiger partial charge in [0.15, 0.2) is 0 Å². The number of piperidine rings is 1. The Morgan fingerprint density at radius 2 is 2.17 bits per heavy atom. The van der Waals surface area contributed by atoms with Gasteiger partial charge in [-0.15, -0.1) is 0 Å². The summed E-state index contributed by atoms with van der Waals surface area (Å²) < 4.78 is 10.3. The van der Waals surface area contributed by atoms with Gasteiger partial charge in [0.1, 0.15) is 6.61 Å². The van der Waals surface area contributed by atoms with Gasteiger partial charge in [-0.1, -0.05) is 23.7 Å². The number of methoxy groups -OCH3 is 1. The molecule has 0 unspecified atom stereocenters. The Morgan fingerprint density at radius 3 is 2.83 bits per heavy atom. The molecular weight excluding hydrogens is 330 g/mol. The molecule has 1 saturated heterocycles. The van der Waals surface area contributed by atoms with Crippen LogP contribution in [0.15, 0.2) is 24.3 Å². The number of likely N-dealkylation sites (tertiary alicyclic amines) is 1. The molecule has 0 N–H and O–H groups in total. The summed E-state index contributed by atoms with van der Waals surface area (Å²) in [6.07, 6.45) is 1.95. The third-order valence-corrected chi connectivity index (χ3v) is 4.57. The standard InChI is InChI=1S/C18H24ClNO4/c1-3-24-17(22)18(11-14-6-4-7-15(19)10-14)8-5-9-20(13-18)16(21)12-23-2/h4,6-7,10H,3,5,8-9,11-13H2,1-2H3/t18-/m0/s1. The number of carbonyl (C=O) groups is 2. The lowest BCUT2D eigenvalue weighted by atomic mass is 9.75. The minimum Gasteiger partial charge on any atom is -0.466 e. The summed E-state index contributed by atoms with van der Waals surface area (Å²) in [4.78, 5) is 26.6. The Kier molecular flexibility index (Phi) is 6.63. The normalized spacial score (nSPS) is 20.7. The van der Waals surface area contributed by atoms with Gasteiger partial charge < -0.3 is 14.4 Å². The zero-order valence-electron chi connectivity index (χ0n) is 14.2. The summed E-state index contributed by atoms with van der Waals surface area (Å²) in [5.74, 6) is -0.350. The first-order valence-corrected chi connectivity index (χ1v) is 8.57. The molecule has 1 heterocycles. The monoisotopic (exact) mass is 353 g/mol. The molecular formula is C18H24ClNO4. The molecule has 1 aromatic rings. The fraction of sp³-hybridized carbons (Fsp3) is 0.556. The van der Waals surface area contributed by atoms with Gasteiger partial charge >= 0.3 is 5.97 Å². The van der Waals surface area contributed by atoms with Crippen molar-refractivity contribution in [1.29, 1.82) is 0 Å². The number of benzene rings is 1. The molecule has 1 atom stereocenters. The average molecular weight is 354 g/mol. The number of hydrogen-bond donors (Lipinski definition) is 0. The number of amides is 1. The Morgan fingerprint density at radius 1 is 1.38 bits per heavy atom. The summed E-state index contributed by atoms with van der Waals surface area (Å²) in [7, 11) is 1.49. The van der Waals surface area contributed by atoms with Gasteiger partial charge in [-0.05, 0) is 43.9 Å². The highest BCUT2D eigenvalue weighted by Crippen LogP contribution is 2.36. The van der Waals surface area contributed by atoms with E-state index in [9.17, 15) is 9.59 Å². The Labute approximate surface area is 147 Å². The number of nitrogens with zero attached hydrogens (tertiary/aromatic N) is 1. The van der Waals surface area contributed by atoms with Crippen LogP contribution in [0.3, 0.4) is 0 Å². The van der Waals surface area contributed by atoms with Crippen molar-refractivity contribution in [2.24, 2.45) is 5.41 Å². The topological polar surface area (TPSA) is 55.8 Å². The van der Waals surface area contributed by atoms with E-state index in [2.05, 4.69) is 0 Å². The van der Waals surface area contributed by atoms with Crippen LogP contribution in [-0.4, -0.2) is 50.2 Å². The summed E-state index contributed by atoms with van der Waals surface area (Å²) in [5.41, 5.74) is 0.235. The SMILES string of the molecule is CCOC(=O)[C@]1(Cc2cccc(Cl)c2)CCCN(C(=O)COC)C1. The third-order valence-electron chi connectivity index (χ3n) is 4.34. The molecule has 1 aromatic carbocycles. The molecule has 1 amide bonds. The van der Waals surface area contributed by atoms with Crippen molar-refractivity contribution < 1.29 is 19.1 Å². The van der Waals surface area contributed by atoms with Crippen LogP contribution in [-0.2, 0) is 25.5 Å². The van der Waals surface area contributed by atoms with E-state index in [4.69, 9.17) is 21.1 Å². The van der Waals surface area contributed by atoms with E-state index < -0.39 is 5.41 Å². The van der Waals surface area contributed by atoms with Crippen molar-refractivity contribution >= 4 is 23.5 Å². The number of carbonyl (C=O) groups excluding carboxylic acids is 2. The molecule has 0 saturated carbocycles. The zero-order chi connectivity index (χ0) is 17.6. The molecule has 132 valence electrons. The van der Waals surface area contributed by atoms with Crippen LogP contribution >= 0.6 is 11.6 Å². The molecule has 0 radical (unpaired) electrons. The molecule has 1 aliphatic rings. The number of halogens is 1. The van der Waals surface area contributed by atoms with Crippen LogP contribution in [0.1, 0.15) is 25.3 Å². The molecule has 1 fully saturated rings. The molecule has 0 aliphatic carbocycles. The molecule has 6 heteroatoms. The zero-order valence-corrected chi connectivity index (χ0v) is 15.0. The van der Waals surface area contributed by atoms with E-state index in [0.717, 1.165) is 12.0 Å². The number of rotatable bonds is 6. The predicted molar refractivity (Wildman–Crippen MR) is 91.9 cm³/mol. The minimum absolute atomic E-state index is 0.0239. The van der Waals surface area contributed by atoms with Crippen molar-refractivity contribution in [2.45, 2.75) is 26.2 Å². The predicted octanol–water partition coefficient (Wildman–Crippen LogP) is 2.70. The van der Waals surface area contributed by atoms with Crippen LogP contribution in [0.25, 0.3) is 0 Å². The first kappa shape index (κ1) is 18.7. The van der Waals surface area contributed by atoms with Crippen molar-refractivity contribution in [3.8, 4) is 0 Å². The second-order valence-corrected chi connectivity index (χ2v) is 6.60. The number of esters is 1. The number of hydrogen-bond acceptors (Lipinski definition) is 4. The van der Waals surface area contributed by atoms with E-state index in [1.165, 1.54) is 7.11 Å². The first-order chi connectivity index (χ1) is 11.5. The molecule has 24 heavy (non-hydrogen) atoms. The lowest BCUT2D eigenvalue weighted by Crippen LogP contribution is -2.52. The van der Waals surface area contributed by atoms with Crippen molar-refractivity contribution in [3.63, 3.8) is 0 Å². The molecule has 0 bridgehead atoms. The van der Waals surface area contributed by atoms with Crippen molar-refractivity contribution in [3.05, 3.63) is 34.9 Å². The van der Waals surface area contributed by atoms with Crippen LogP contribution < -0.4 is 0 Å². The maximum atomic E-state index is 12.7. The van der Waals surface area contributed by atoms with Crippen LogP contribution in [0, 0.1) is 5.41 Å². The fourth-order valence-electron chi connectivity index (χ4n) is 3.26. The van der Waals surface area contributed by atoms with Gasteiger partial charge in [-0.2, -0.15) is 0 Å². The van der Waals surface area contributed by atoms with E-state index >= 15 is 0 Å². The summed E-state index contributed by atoms with van der Waals surface area (Å²) in [6.45, 7) is 3.12. The second-order valence-electron chi connectivity index (χ2n) is 6.16. The highest BCUT2D eigenvalue weighted by Gasteiger charge is 2.44. The van der Waals surface area contributed by atoms with Gasteiger partial charge in [-0.3, -0.25) is 9.59 Å². The third kappa shape index (κ3) is 4.48. The summed E-state index contributed by atoms with van der Waals surface area (Å²) >= 11 is 6.07. The van der Waals surface area contributed by atoms with Crippen molar-refractivity contribution in [1.82, 2.24) is 4.90 Å². The maximum absolute atomic E-state index is 12.7. The van der Waals surface area contributed by atoms with E-state index in [1.54, 1.807) is 17.9 Å². The Hall–Kier alpha value is -1.59. The molecule has 1 aliphatic heterocycles. The lowest BCUT2D eigenvalue weighted by Gasteiger charge is -2.41. The highest BCUT2D eigenvalue weighted by molar-refractivity contribution is 6.30. The van der Waals surface area contributed by atoms with E-state index in [0.29, 0.717) is 37.6 Å². The largest absolute Gasteiger partial charge is 0.466 e. The Balaban J connectivity index is 2.26. The van der Waals surface area contributed by atoms with Gasteiger partial charge in [-0.25, -0.2) is 0 Å². The maximum Gasteiger partial charge on any atom is 0.314 e. The smallest absolute Gasteiger partial charge is 0.314 e. The quantitative estimate of drug-likeness (QED) is 0.738. The van der Waals surface area contributed by atoms with Crippen LogP contribution in [0.2, 0.25) is 5.02 Å². The van der Waals surface area contributed by atoms with Gasteiger partial charge in [0.05, 0.1) is 12.0 Å².